The zero-order valence-electron chi connectivity index (χ0n) is 11.5. The molecule has 3 unspecified atom stereocenters. The van der Waals surface area contributed by atoms with Crippen LogP contribution in [0.3, 0.4) is 0 Å². The van der Waals surface area contributed by atoms with Gasteiger partial charge in [0.25, 0.3) is 0 Å². The van der Waals surface area contributed by atoms with Gasteiger partial charge in [-0.15, -0.1) is 0 Å². The van der Waals surface area contributed by atoms with E-state index in [0.717, 1.165) is 12.5 Å². The van der Waals surface area contributed by atoms with E-state index in [-0.39, 0.29) is 5.60 Å². The topological polar surface area (TPSA) is 35.2 Å². The van der Waals surface area contributed by atoms with Crippen LogP contribution in [-0.2, 0) is 4.74 Å². The standard InChI is InChI=1S/C14H29NO/c1-5-6-11-7-8-12(10-15)13(9-11)16-14(2,3)4/h11-13H,5-10,15H2,1-4H3. The third kappa shape index (κ3) is 4.42. The Morgan fingerprint density at radius 1 is 1.25 bits per heavy atom. The van der Waals surface area contributed by atoms with Gasteiger partial charge in [0.05, 0.1) is 11.7 Å². The average molecular weight is 227 g/mol. The first-order valence-electron chi connectivity index (χ1n) is 6.84. The van der Waals surface area contributed by atoms with Gasteiger partial charge in [0.15, 0.2) is 0 Å². The van der Waals surface area contributed by atoms with E-state index in [0.29, 0.717) is 12.0 Å². The number of nitrogens with two attached hydrogens (primary N) is 1. The third-order valence-corrected chi connectivity index (χ3v) is 3.54. The van der Waals surface area contributed by atoms with Crippen molar-refractivity contribution in [2.45, 2.75) is 71.5 Å². The van der Waals surface area contributed by atoms with E-state index in [4.69, 9.17) is 10.5 Å². The van der Waals surface area contributed by atoms with Crippen LogP contribution in [0.4, 0.5) is 0 Å². The van der Waals surface area contributed by atoms with E-state index in [9.17, 15) is 0 Å². The monoisotopic (exact) mass is 227 g/mol. The molecule has 3 atom stereocenters. The molecule has 0 aromatic heterocycles. The van der Waals surface area contributed by atoms with Gasteiger partial charge in [-0.3, -0.25) is 0 Å². The van der Waals surface area contributed by atoms with Crippen molar-refractivity contribution in [1.29, 1.82) is 0 Å². The van der Waals surface area contributed by atoms with Gasteiger partial charge in [0.2, 0.25) is 0 Å². The van der Waals surface area contributed by atoms with Gasteiger partial charge in [-0.1, -0.05) is 19.8 Å². The third-order valence-electron chi connectivity index (χ3n) is 3.54. The molecule has 2 N–H and O–H groups in total. The summed E-state index contributed by atoms with van der Waals surface area (Å²) in [5, 5.41) is 0. The molecule has 0 amide bonds. The van der Waals surface area contributed by atoms with Gasteiger partial charge in [-0.2, -0.15) is 0 Å². The molecule has 0 aromatic carbocycles. The van der Waals surface area contributed by atoms with Crippen molar-refractivity contribution in [2.75, 3.05) is 6.54 Å². The number of ether oxygens (including phenoxy) is 1. The largest absolute Gasteiger partial charge is 0.372 e. The molecule has 1 aliphatic rings. The minimum Gasteiger partial charge on any atom is -0.372 e. The summed E-state index contributed by atoms with van der Waals surface area (Å²) in [7, 11) is 0. The lowest BCUT2D eigenvalue weighted by Gasteiger charge is -2.39. The zero-order chi connectivity index (χ0) is 12.2. The molecular weight excluding hydrogens is 198 g/mol. The van der Waals surface area contributed by atoms with Crippen molar-refractivity contribution in [3.05, 3.63) is 0 Å². The Labute approximate surface area is 101 Å². The van der Waals surface area contributed by atoms with Crippen molar-refractivity contribution in [2.24, 2.45) is 17.6 Å². The lowest BCUT2D eigenvalue weighted by Crippen LogP contribution is -2.40. The van der Waals surface area contributed by atoms with Crippen LogP contribution >= 0.6 is 0 Å². The smallest absolute Gasteiger partial charge is 0.0625 e. The second-order valence-corrected chi connectivity index (χ2v) is 6.23. The highest BCUT2D eigenvalue weighted by Crippen LogP contribution is 2.35. The highest BCUT2D eigenvalue weighted by Gasteiger charge is 2.32. The molecule has 0 heterocycles. The Bertz CT molecular complexity index is 197. The zero-order valence-corrected chi connectivity index (χ0v) is 11.5. The quantitative estimate of drug-likeness (QED) is 0.799. The average Bonchev–Trinajstić information content (AvgIpc) is 2.16. The van der Waals surface area contributed by atoms with Gasteiger partial charge < -0.3 is 10.5 Å². The van der Waals surface area contributed by atoms with Gasteiger partial charge >= 0.3 is 0 Å². The first-order chi connectivity index (χ1) is 7.46. The molecule has 0 aromatic rings. The Kier molecular flexibility index (Phi) is 5.26. The fourth-order valence-electron chi connectivity index (χ4n) is 2.81. The summed E-state index contributed by atoms with van der Waals surface area (Å²) in [6, 6.07) is 0. The maximum atomic E-state index is 6.18. The molecule has 1 fully saturated rings. The highest BCUT2D eigenvalue weighted by atomic mass is 16.5. The van der Waals surface area contributed by atoms with E-state index < -0.39 is 0 Å². The van der Waals surface area contributed by atoms with E-state index >= 15 is 0 Å². The SMILES string of the molecule is CCCC1CCC(CN)C(OC(C)(C)C)C1. The molecule has 16 heavy (non-hydrogen) atoms. The molecule has 0 saturated heterocycles. The molecule has 2 nitrogen and oxygen atoms in total. The summed E-state index contributed by atoms with van der Waals surface area (Å²) in [5.74, 6) is 1.44. The minimum absolute atomic E-state index is 0.0355. The maximum Gasteiger partial charge on any atom is 0.0625 e. The Balaban J connectivity index is 2.53. The fraction of sp³-hybridized carbons (Fsp3) is 1.00. The van der Waals surface area contributed by atoms with E-state index in [2.05, 4.69) is 27.7 Å². The minimum atomic E-state index is -0.0355. The summed E-state index contributed by atoms with van der Waals surface area (Å²) < 4.78 is 6.18. The van der Waals surface area contributed by atoms with Crippen molar-refractivity contribution < 1.29 is 4.74 Å². The molecule has 2 heteroatoms. The summed E-state index contributed by atoms with van der Waals surface area (Å²) in [4.78, 5) is 0. The normalized spacial score (nSPS) is 31.7. The number of hydrogen-bond donors (Lipinski definition) is 1. The summed E-state index contributed by atoms with van der Waals surface area (Å²) in [5.41, 5.74) is 5.82. The van der Waals surface area contributed by atoms with Crippen LogP contribution in [0, 0.1) is 11.8 Å². The summed E-state index contributed by atoms with van der Waals surface area (Å²) >= 11 is 0. The molecule has 1 rings (SSSR count). The van der Waals surface area contributed by atoms with Crippen LogP contribution in [0.1, 0.15) is 59.8 Å². The molecule has 0 aliphatic heterocycles. The highest BCUT2D eigenvalue weighted by molar-refractivity contribution is 4.83. The second kappa shape index (κ2) is 6.02. The van der Waals surface area contributed by atoms with Crippen LogP contribution in [0.2, 0.25) is 0 Å². The summed E-state index contributed by atoms with van der Waals surface area (Å²) in [6.07, 6.45) is 6.84. The molecular formula is C14H29NO. The Morgan fingerprint density at radius 2 is 1.94 bits per heavy atom. The van der Waals surface area contributed by atoms with Crippen LogP contribution in [0.15, 0.2) is 0 Å². The number of rotatable bonds is 4. The molecule has 1 aliphatic carbocycles. The predicted octanol–water partition coefficient (Wildman–Crippen LogP) is 3.35. The first-order valence-corrected chi connectivity index (χ1v) is 6.84. The maximum absolute atomic E-state index is 6.18. The first kappa shape index (κ1) is 14.0. The fourth-order valence-corrected chi connectivity index (χ4v) is 2.81. The van der Waals surface area contributed by atoms with Crippen molar-refractivity contribution in [1.82, 2.24) is 0 Å². The van der Waals surface area contributed by atoms with Gasteiger partial charge in [-0.25, -0.2) is 0 Å². The van der Waals surface area contributed by atoms with Gasteiger partial charge in [-0.05, 0) is 58.4 Å². The van der Waals surface area contributed by atoms with Crippen LogP contribution in [-0.4, -0.2) is 18.2 Å². The molecule has 0 bridgehead atoms. The second-order valence-electron chi connectivity index (χ2n) is 6.23. The Hall–Kier alpha value is -0.0800. The van der Waals surface area contributed by atoms with E-state index in [1.807, 2.05) is 0 Å². The van der Waals surface area contributed by atoms with Crippen LogP contribution in [0.5, 0.6) is 0 Å². The van der Waals surface area contributed by atoms with Crippen LogP contribution < -0.4 is 5.73 Å². The Morgan fingerprint density at radius 3 is 2.44 bits per heavy atom. The molecule has 0 radical (unpaired) electrons. The van der Waals surface area contributed by atoms with Gasteiger partial charge in [0, 0.05) is 0 Å². The van der Waals surface area contributed by atoms with E-state index in [1.54, 1.807) is 0 Å². The molecule has 96 valence electrons. The molecule has 0 spiro atoms. The summed E-state index contributed by atoms with van der Waals surface area (Å²) in [6.45, 7) is 9.48. The van der Waals surface area contributed by atoms with Crippen molar-refractivity contribution >= 4 is 0 Å². The lowest BCUT2D eigenvalue weighted by atomic mass is 9.78. The van der Waals surface area contributed by atoms with Crippen molar-refractivity contribution in [3.8, 4) is 0 Å². The van der Waals surface area contributed by atoms with E-state index in [1.165, 1.54) is 32.1 Å². The molecule has 1 saturated carbocycles. The lowest BCUT2D eigenvalue weighted by molar-refractivity contribution is -0.105. The predicted molar refractivity (Wildman–Crippen MR) is 69.4 cm³/mol. The van der Waals surface area contributed by atoms with Gasteiger partial charge in [0.1, 0.15) is 0 Å². The van der Waals surface area contributed by atoms with Crippen LogP contribution in [0.25, 0.3) is 0 Å². The number of hydrogen-bond acceptors (Lipinski definition) is 2. The van der Waals surface area contributed by atoms with Crippen molar-refractivity contribution in [3.63, 3.8) is 0 Å².